The zero-order valence-corrected chi connectivity index (χ0v) is 18.4. The van der Waals surface area contributed by atoms with Gasteiger partial charge in [-0.25, -0.2) is 13.1 Å². The van der Waals surface area contributed by atoms with Gasteiger partial charge in [-0.05, 0) is 38.8 Å². The van der Waals surface area contributed by atoms with Crippen molar-refractivity contribution in [2.24, 2.45) is 4.99 Å². The van der Waals surface area contributed by atoms with Gasteiger partial charge in [-0.15, -0.1) is 0 Å². The minimum atomic E-state index is -3.61. The lowest BCUT2D eigenvalue weighted by Crippen LogP contribution is -2.41. The van der Waals surface area contributed by atoms with Gasteiger partial charge in [-0.1, -0.05) is 18.2 Å². The molecule has 0 amide bonds. The van der Waals surface area contributed by atoms with Crippen LogP contribution in [0, 0.1) is 0 Å². The highest BCUT2D eigenvalue weighted by molar-refractivity contribution is 7.89. The van der Waals surface area contributed by atoms with E-state index in [-0.39, 0.29) is 4.90 Å². The topological polar surface area (TPSA) is 101 Å². The number of ether oxygens (including phenoxy) is 2. The Labute approximate surface area is 169 Å². The molecule has 0 aromatic heterocycles. The average molecular weight is 415 g/mol. The summed E-state index contributed by atoms with van der Waals surface area (Å²) in [6.07, 6.45) is 0.824. The van der Waals surface area contributed by atoms with E-state index in [0.29, 0.717) is 44.4 Å². The van der Waals surface area contributed by atoms with Crippen molar-refractivity contribution in [2.75, 3.05) is 40.5 Å². The summed E-state index contributed by atoms with van der Waals surface area (Å²) in [4.78, 5) is 4.43. The summed E-state index contributed by atoms with van der Waals surface area (Å²) < 4.78 is 38.4. The van der Waals surface area contributed by atoms with Crippen LogP contribution in [0.25, 0.3) is 0 Å². The molecule has 3 N–H and O–H groups in total. The van der Waals surface area contributed by atoms with Gasteiger partial charge in [0, 0.05) is 39.4 Å². The molecule has 0 bridgehead atoms. The molecule has 0 aliphatic rings. The number of nitrogens with one attached hydrogen (secondary N) is 3. The minimum Gasteiger partial charge on any atom is -0.382 e. The second-order valence-electron chi connectivity index (χ2n) is 7.27. The van der Waals surface area contributed by atoms with Crippen LogP contribution in [0.2, 0.25) is 0 Å². The van der Waals surface area contributed by atoms with Crippen LogP contribution >= 0.6 is 0 Å². The third kappa shape index (κ3) is 9.50. The minimum absolute atomic E-state index is 0.263. The van der Waals surface area contributed by atoms with E-state index in [4.69, 9.17) is 9.47 Å². The monoisotopic (exact) mass is 414 g/mol. The molecule has 0 aliphatic heterocycles. The van der Waals surface area contributed by atoms with E-state index >= 15 is 0 Å². The number of rotatable bonds is 11. The smallest absolute Gasteiger partial charge is 0.241 e. The van der Waals surface area contributed by atoms with E-state index in [1.165, 1.54) is 0 Å². The Morgan fingerprint density at radius 1 is 1.11 bits per heavy atom. The third-order valence-corrected chi connectivity index (χ3v) is 5.42. The first kappa shape index (κ1) is 24.4. The molecule has 1 aromatic carbocycles. The van der Waals surface area contributed by atoms with Gasteiger partial charge in [0.05, 0.1) is 18.1 Å². The number of sulfonamides is 1. The van der Waals surface area contributed by atoms with Crippen LogP contribution in [-0.4, -0.2) is 60.4 Å². The molecule has 0 atom stereocenters. The summed E-state index contributed by atoms with van der Waals surface area (Å²) in [7, 11) is -0.295. The van der Waals surface area contributed by atoms with Gasteiger partial charge in [-0.3, -0.25) is 4.99 Å². The van der Waals surface area contributed by atoms with Crippen LogP contribution in [0.1, 0.15) is 32.8 Å². The van der Waals surface area contributed by atoms with Gasteiger partial charge in [0.2, 0.25) is 10.0 Å². The highest BCUT2D eigenvalue weighted by Crippen LogP contribution is 2.17. The highest BCUT2D eigenvalue weighted by atomic mass is 32.2. The SMILES string of the molecule is CN=C(NCCCOCCOC)NCc1ccccc1S(=O)(=O)NC(C)(C)C. The lowest BCUT2D eigenvalue weighted by atomic mass is 10.1. The summed E-state index contributed by atoms with van der Waals surface area (Å²) in [5.74, 6) is 0.605. The zero-order valence-electron chi connectivity index (χ0n) is 17.5. The average Bonchev–Trinajstić information content (AvgIpc) is 2.61. The van der Waals surface area contributed by atoms with Crippen molar-refractivity contribution in [1.29, 1.82) is 0 Å². The summed E-state index contributed by atoms with van der Waals surface area (Å²) in [5, 5.41) is 6.35. The molecule has 0 saturated heterocycles. The van der Waals surface area contributed by atoms with E-state index in [1.54, 1.807) is 32.4 Å². The molecule has 1 rings (SSSR count). The van der Waals surface area contributed by atoms with Crippen molar-refractivity contribution in [3.8, 4) is 0 Å². The standard InChI is InChI=1S/C19H34N4O4S/c1-19(2,3)23-28(24,25)17-10-7-6-9-16(17)15-22-18(20-4)21-11-8-12-27-14-13-26-5/h6-7,9-10,23H,8,11-15H2,1-5H3,(H2,20,21,22). The third-order valence-electron chi connectivity index (χ3n) is 3.56. The Bertz CT molecular complexity index is 715. The first-order chi connectivity index (χ1) is 13.2. The summed E-state index contributed by atoms with van der Waals surface area (Å²) >= 11 is 0. The maximum Gasteiger partial charge on any atom is 0.241 e. The molecule has 0 fully saturated rings. The molecule has 1 aromatic rings. The molecule has 0 unspecified atom stereocenters. The highest BCUT2D eigenvalue weighted by Gasteiger charge is 2.24. The number of methoxy groups -OCH3 is 1. The molecule has 0 radical (unpaired) electrons. The maximum atomic E-state index is 12.7. The molecule has 0 saturated carbocycles. The Kier molecular flexibility index (Phi) is 10.4. The molecular formula is C19H34N4O4S. The predicted molar refractivity (Wildman–Crippen MR) is 112 cm³/mol. The molecule has 28 heavy (non-hydrogen) atoms. The van der Waals surface area contributed by atoms with Crippen molar-refractivity contribution < 1.29 is 17.9 Å². The van der Waals surface area contributed by atoms with E-state index in [9.17, 15) is 8.42 Å². The second-order valence-corrected chi connectivity index (χ2v) is 8.93. The van der Waals surface area contributed by atoms with Gasteiger partial charge in [0.25, 0.3) is 0 Å². The van der Waals surface area contributed by atoms with Crippen LogP contribution < -0.4 is 15.4 Å². The fourth-order valence-corrected chi connectivity index (χ4v) is 4.05. The van der Waals surface area contributed by atoms with E-state index in [2.05, 4.69) is 20.3 Å². The van der Waals surface area contributed by atoms with Crippen molar-refractivity contribution in [2.45, 2.75) is 44.2 Å². The zero-order chi connectivity index (χ0) is 21.0. The van der Waals surface area contributed by atoms with Crippen molar-refractivity contribution >= 4 is 16.0 Å². The normalized spacial score (nSPS) is 12.8. The van der Waals surface area contributed by atoms with Gasteiger partial charge in [-0.2, -0.15) is 0 Å². The first-order valence-electron chi connectivity index (χ1n) is 9.32. The molecule has 0 aliphatic carbocycles. The Morgan fingerprint density at radius 2 is 1.82 bits per heavy atom. The molecule has 0 spiro atoms. The lowest BCUT2D eigenvalue weighted by Gasteiger charge is -2.22. The number of hydrogen-bond donors (Lipinski definition) is 3. The van der Waals surface area contributed by atoms with E-state index in [0.717, 1.165) is 6.42 Å². The Morgan fingerprint density at radius 3 is 2.46 bits per heavy atom. The van der Waals surface area contributed by atoms with Gasteiger partial charge in [0.15, 0.2) is 5.96 Å². The van der Waals surface area contributed by atoms with Crippen LogP contribution in [-0.2, 0) is 26.0 Å². The molecule has 9 heteroatoms. The number of nitrogens with zero attached hydrogens (tertiary/aromatic N) is 1. The number of benzene rings is 1. The van der Waals surface area contributed by atoms with Crippen molar-refractivity contribution in [3.63, 3.8) is 0 Å². The molecule has 8 nitrogen and oxygen atoms in total. The molecule has 0 heterocycles. The van der Waals surface area contributed by atoms with Gasteiger partial charge in [0.1, 0.15) is 0 Å². The second kappa shape index (κ2) is 12.0. The quantitative estimate of drug-likeness (QED) is 0.288. The first-order valence-corrected chi connectivity index (χ1v) is 10.8. The summed E-state index contributed by atoms with van der Waals surface area (Å²) in [6, 6.07) is 6.94. The number of hydrogen-bond acceptors (Lipinski definition) is 5. The maximum absolute atomic E-state index is 12.7. The van der Waals surface area contributed by atoms with Gasteiger partial charge < -0.3 is 20.1 Å². The largest absolute Gasteiger partial charge is 0.382 e. The van der Waals surface area contributed by atoms with E-state index in [1.807, 2.05) is 26.8 Å². The Balaban J connectivity index is 2.60. The van der Waals surface area contributed by atoms with Crippen LogP contribution in [0.4, 0.5) is 0 Å². The van der Waals surface area contributed by atoms with Crippen molar-refractivity contribution in [3.05, 3.63) is 29.8 Å². The van der Waals surface area contributed by atoms with Crippen LogP contribution in [0.5, 0.6) is 0 Å². The van der Waals surface area contributed by atoms with Gasteiger partial charge >= 0.3 is 0 Å². The lowest BCUT2D eigenvalue weighted by molar-refractivity contribution is 0.0698. The fourth-order valence-electron chi connectivity index (χ4n) is 2.40. The summed E-state index contributed by atoms with van der Waals surface area (Å²) in [6.45, 7) is 8.28. The van der Waals surface area contributed by atoms with Crippen LogP contribution in [0.15, 0.2) is 34.2 Å². The summed E-state index contributed by atoms with van der Waals surface area (Å²) in [5.41, 5.74) is 0.118. The molecular weight excluding hydrogens is 380 g/mol. The number of aliphatic imine (C=N–C) groups is 1. The van der Waals surface area contributed by atoms with Crippen LogP contribution in [0.3, 0.4) is 0 Å². The Hall–Kier alpha value is -1.68. The van der Waals surface area contributed by atoms with E-state index < -0.39 is 15.6 Å². The predicted octanol–water partition coefficient (Wildman–Crippen LogP) is 1.48. The fraction of sp³-hybridized carbons (Fsp3) is 0.632. The number of guanidine groups is 1. The molecule has 160 valence electrons. The van der Waals surface area contributed by atoms with Crippen molar-refractivity contribution in [1.82, 2.24) is 15.4 Å².